The Hall–Kier alpha value is -2.57. The minimum Gasteiger partial charge on any atom is -0.382 e. The SMILES string of the molecule is CCCOC1CCC(N(C(=O)Nc2ncc(SCC(=O)CS(=O)(=O)NOC(=O)C(C)(C)Sc3cnc(NC(=O)N(C4CCCCC4)C4CCC(COCCOC)CC4)s3)s2)C2CCCCC2)CC1. The molecule has 4 aliphatic rings. The minimum atomic E-state index is -4.33. The number of rotatable bonds is 24. The maximum Gasteiger partial charge on any atom is 0.341 e. The fourth-order valence-electron chi connectivity index (χ4n) is 9.75. The molecule has 4 fully saturated rings. The van der Waals surface area contributed by atoms with Crippen LogP contribution in [0.2, 0.25) is 0 Å². The highest BCUT2D eigenvalue weighted by molar-refractivity contribution is 8.03. The molecule has 0 aromatic carbocycles. The van der Waals surface area contributed by atoms with E-state index in [0.29, 0.717) is 44.4 Å². The number of nitrogens with one attached hydrogen (secondary N) is 3. The van der Waals surface area contributed by atoms with E-state index in [9.17, 15) is 27.6 Å². The van der Waals surface area contributed by atoms with E-state index in [1.807, 2.05) is 4.89 Å². The molecule has 0 aliphatic heterocycles. The maximum atomic E-state index is 13.9. The number of methoxy groups -OCH3 is 1. The molecule has 3 N–H and O–H groups in total. The predicted octanol–water partition coefficient (Wildman–Crippen LogP) is 9.50. The van der Waals surface area contributed by atoms with Gasteiger partial charge in [0.05, 0.1) is 45.9 Å². The fraction of sp³-hybridized carbons (Fsp3) is 0.783. The molecular weight excluding hydrogens is 971 g/mol. The molecule has 2 heterocycles. The lowest BCUT2D eigenvalue weighted by molar-refractivity contribution is -0.149. The number of nitrogens with zero attached hydrogens (tertiary/aromatic N) is 4. The van der Waals surface area contributed by atoms with Crippen molar-refractivity contribution >= 4 is 90.3 Å². The number of ether oxygens (including phenoxy) is 3. The fourth-order valence-corrected chi connectivity index (χ4v) is 14.7. The molecule has 68 heavy (non-hydrogen) atoms. The Balaban J connectivity index is 0.930. The van der Waals surface area contributed by atoms with E-state index in [1.54, 1.807) is 33.4 Å². The van der Waals surface area contributed by atoms with Crippen LogP contribution in [0.4, 0.5) is 19.9 Å². The lowest BCUT2D eigenvalue weighted by atomic mass is 9.84. The quantitative estimate of drug-likeness (QED) is 0.0509. The minimum absolute atomic E-state index is 0.134. The Labute approximate surface area is 419 Å². The zero-order valence-electron chi connectivity index (χ0n) is 40.2. The molecule has 0 radical (unpaired) electrons. The van der Waals surface area contributed by atoms with Gasteiger partial charge in [0.1, 0.15) is 10.5 Å². The highest BCUT2D eigenvalue weighted by Gasteiger charge is 2.38. The summed E-state index contributed by atoms with van der Waals surface area (Å²) >= 11 is 4.71. The highest BCUT2D eigenvalue weighted by atomic mass is 32.2. The van der Waals surface area contributed by atoms with Crippen molar-refractivity contribution in [2.45, 2.75) is 186 Å². The molecule has 0 atom stereocenters. The number of aromatic nitrogens is 2. The van der Waals surface area contributed by atoms with Crippen molar-refractivity contribution in [1.29, 1.82) is 0 Å². The second-order valence-electron chi connectivity index (χ2n) is 18.9. The molecule has 0 spiro atoms. The van der Waals surface area contributed by atoms with Gasteiger partial charge >= 0.3 is 18.0 Å². The van der Waals surface area contributed by atoms with Gasteiger partial charge < -0.3 is 28.8 Å². The van der Waals surface area contributed by atoms with E-state index in [4.69, 9.17) is 19.0 Å². The number of carbonyl (C=O) groups is 4. The number of amides is 4. The second-order valence-corrected chi connectivity index (χ2v) is 25.9. The van der Waals surface area contributed by atoms with Crippen LogP contribution in [0.15, 0.2) is 20.8 Å². The first-order chi connectivity index (χ1) is 32.7. The first kappa shape index (κ1) is 54.8. The number of anilines is 2. The monoisotopic (exact) mass is 1040 g/mol. The molecule has 17 nitrogen and oxygen atoms in total. The van der Waals surface area contributed by atoms with Crippen LogP contribution in [0.5, 0.6) is 0 Å². The van der Waals surface area contributed by atoms with Crippen LogP contribution < -0.4 is 15.5 Å². The Morgan fingerprint density at radius 2 is 1.26 bits per heavy atom. The molecule has 0 bridgehead atoms. The van der Waals surface area contributed by atoms with Crippen LogP contribution in [-0.4, -0.2) is 132 Å². The number of thiazole rings is 2. The molecule has 4 saturated carbocycles. The van der Waals surface area contributed by atoms with Crippen LogP contribution in [0.25, 0.3) is 0 Å². The normalized spacial score (nSPS) is 22.1. The van der Waals surface area contributed by atoms with E-state index < -0.39 is 32.3 Å². The molecule has 0 unspecified atom stereocenters. The summed E-state index contributed by atoms with van der Waals surface area (Å²) in [5.41, 5.74) is 0. The summed E-state index contributed by atoms with van der Waals surface area (Å²) in [7, 11) is -2.67. The van der Waals surface area contributed by atoms with Gasteiger partial charge in [-0.2, -0.15) is 0 Å². The molecule has 4 aliphatic carbocycles. The van der Waals surface area contributed by atoms with Crippen LogP contribution in [0, 0.1) is 5.92 Å². The van der Waals surface area contributed by atoms with E-state index in [2.05, 4.69) is 37.3 Å². The van der Waals surface area contributed by atoms with Crippen LogP contribution in [-0.2, 0) is 38.7 Å². The number of thioether (sulfide) groups is 2. The van der Waals surface area contributed by atoms with Crippen molar-refractivity contribution in [1.82, 2.24) is 24.7 Å². The van der Waals surface area contributed by atoms with Gasteiger partial charge in [-0.15, -0.1) is 11.8 Å². The predicted molar refractivity (Wildman–Crippen MR) is 269 cm³/mol. The van der Waals surface area contributed by atoms with Gasteiger partial charge in [0.25, 0.3) is 0 Å². The summed E-state index contributed by atoms with van der Waals surface area (Å²) < 4.78 is 42.6. The molecule has 2 aromatic rings. The zero-order chi connectivity index (χ0) is 48.5. The van der Waals surface area contributed by atoms with E-state index >= 15 is 0 Å². The first-order valence-corrected chi connectivity index (χ1v) is 29.6. The highest BCUT2D eigenvalue weighted by Crippen LogP contribution is 2.40. The van der Waals surface area contributed by atoms with Gasteiger partial charge in [0.2, 0.25) is 10.0 Å². The summed E-state index contributed by atoms with van der Waals surface area (Å²) in [5, 5.41) is 6.86. The van der Waals surface area contributed by atoms with E-state index in [0.717, 1.165) is 139 Å². The largest absolute Gasteiger partial charge is 0.382 e. The molecule has 382 valence electrons. The topological polar surface area (TPSA) is 208 Å². The molecule has 0 saturated heterocycles. The zero-order valence-corrected chi connectivity index (χ0v) is 44.3. The van der Waals surface area contributed by atoms with Gasteiger partial charge in [-0.1, -0.05) is 79.9 Å². The third-order valence-corrected chi connectivity index (χ3v) is 18.6. The van der Waals surface area contributed by atoms with Crippen molar-refractivity contribution in [2.24, 2.45) is 5.92 Å². The van der Waals surface area contributed by atoms with Gasteiger partial charge in [-0.25, -0.2) is 32.8 Å². The van der Waals surface area contributed by atoms with Crippen molar-refractivity contribution in [2.75, 3.05) is 55.7 Å². The van der Waals surface area contributed by atoms with Crippen molar-refractivity contribution < 1.29 is 46.6 Å². The van der Waals surface area contributed by atoms with Crippen molar-refractivity contribution in [3.8, 4) is 0 Å². The van der Waals surface area contributed by atoms with E-state index in [1.165, 1.54) is 35.5 Å². The molecule has 4 amide bonds. The van der Waals surface area contributed by atoms with Crippen molar-refractivity contribution in [3.63, 3.8) is 0 Å². The lowest BCUT2D eigenvalue weighted by Crippen LogP contribution is -2.51. The summed E-state index contributed by atoms with van der Waals surface area (Å²) in [6, 6.07) is 0.301. The second kappa shape index (κ2) is 27.3. The van der Waals surface area contributed by atoms with Gasteiger partial charge in [0, 0.05) is 44.5 Å². The summed E-state index contributed by atoms with van der Waals surface area (Å²) in [5.74, 6) is -2.07. The first-order valence-electron chi connectivity index (χ1n) is 24.6. The Morgan fingerprint density at radius 1 is 0.735 bits per heavy atom. The van der Waals surface area contributed by atoms with Crippen LogP contribution in [0.3, 0.4) is 0 Å². The van der Waals surface area contributed by atoms with Gasteiger partial charge in [0.15, 0.2) is 16.0 Å². The lowest BCUT2D eigenvalue weighted by Gasteiger charge is -2.42. The smallest absolute Gasteiger partial charge is 0.341 e. The number of carbonyl (C=O) groups excluding carboxylic acids is 4. The Kier molecular flexibility index (Phi) is 22.0. The van der Waals surface area contributed by atoms with Crippen molar-refractivity contribution in [3.05, 3.63) is 12.4 Å². The number of hydrogen-bond acceptors (Lipinski definition) is 16. The molecule has 2 aromatic heterocycles. The third-order valence-electron chi connectivity index (χ3n) is 13.2. The molecular formula is C46H73N7O10S5. The number of Topliss-reactive ketones (excluding diaryl/α,β-unsaturated/α-hetero) is 1. The third kappa shape index (κ3) is 17.0. The van der Waals surface area contributed by atoms with Crippen LogP contribution in [0.1, 0.15) is 143 Å². The summed E-state index contributed by atoms with van der Waals surface area (Å²) in [4.78, 5) is 73.6. The summed E-state index contributed by atoms with van der Waals surface area (Å²) in [6.45, 7) is 7.91. The Bertz CT molecular complexity index is 2010. The van der Waals surface area contributed by atoms with Gasteiger partial charge in [-0.3, -0.25) is 15.4 Å². The number of urea groups is 2. The molecule has 22 heteroatoms. The van der Waals surface area contributed by atoms with Crippen LogP contribution >= 0.6 is 46.2 Å². The molecule has 6 rings (SSSR count). The standard InChI is InChI=1S/C46H73N7O10S5/c1-5-24-62-38-22-20-36(21-23-38)53(34-14-10-7-11-15-34)44(56)49-42-47-27-39(65-42)64-30-37(54)31-68(58,59)51-63-41(55)46(2,3)67-40-28-48-43(66-40)50-45(57)52(33-12-8-6-9-13-33)35-18-16-32(17-19-35)29-61-26-25-60-4/h27-28,32-36,38,51H,5-26,29-31H2,1-4H3,(H,47,49,56)(H,48,50,57). The Morgan fingerprint density at radius 3 is 1.82 bits per heavy atom. The number of sulfonamides is 1. The number of hydrogen-bond donors (Lipinski definition) is 3. The summed E-state index contributed by atoms with van der Waals surface area (Å²) in [6.07, 6.45) is 22.6. The van der Waals surface area contributed by atoms with Gasteiger partial charge in [-0.05, 0) is 108 Å². The average Bonchev–Trinajstić information content (AvgIpc) is 3.98. The maximum absolute atomic E-state index is 13.9. The average molecular weight is 1040 g/mol. The number of ketones is 1. The van der Waals surface area contributed by atoms with E-state index in [-0.39, 0.29) is 48.1 Å².